The maximum atomic E-state index is 14.1. The molecule has 0 bridgehead atoms. The lowest BCUT2D eigenvalue weighted by Crippen LogP contribution is -2.64. The van der Waals surface area contributed by atoms with Crippen LogP contribution in [-0.2, 0) is 12.8 Å². The molecule has 3 aliphatic heterocycles. The molecule has 0 fully saturated rings. The molecule has 0 saturated heterocycles. The number of hydrogen-bond acceptors (Lipinski definition) is 2. The Hall–Kier alpha value is -3.18. The molecule has 1 amide bonds. The van der Waals surface area contributed by atoms with Crippen molar-refractivity contribution < 1.29 is 4.79 Å². The summed E-state index contributed by atoms with van der Waals surface area (Å²) in [6, 6.07) is 18.8. The highest BCUT2D eigenvalue weighted by molar-refractivity contribution is 7.01. The molecule has 4 nitrogen and oxygen atoms in total. The SMILES string of the molecule is CCCCN(C)C(=O)c1ccccc1C1=c2cc3c(cc2[Si](C)(C)c2cc4c(cc21)CCCN4CCCC)=[N+](CCCC)CCC3. The second-order valence-corrected chi connectivity index (χ2v) is 18.9. The average molecular weight is 635 g/mol. The third kappa shape index (κ3) is 6.00. The molecule has 0 atom stereocenters. The predicted molar refractivity (Wildman–Crippen MR) is 198 cm³/mol. The van der Waals surface area contributed by atoms with Crippen LogP contribution < -0.4 is 30.4 Å². The van der Waals surface area contributed by atoms with Gasteiger partial charge in [-0.1, -0.05) is 71.3 Å². The first-order valence-corrected chi connectivity index (χ1v) is 21.4. The molecule has 6 rings (SSSR count). The van der Waals surface area contributed by atoms with E-state index in [0.29, 0.717) is 0 Å². The second kappa shape index (κ2) is 13.9. The fourth-order valence-electron chi connectivity index (χ4n) is 8.20. The standard InChI is InChI=1S/C41H56N3OSi/c1-7-10-21-42(4)41(45)33-20-14-13-19-32(33)40-34-26-30-17-15-24-43(22-11-8-2)36(30)28-38(34)46(5,6)39-29-37-31(27-35(39)40)18-16-25-44(37)23-12-9-3/h13-14,19-20,26-29H,7-12,15-18,21-25H2,1-6H3/q+1. The molecule has 0 aromatic heterocycles. The third-order valence-electron chi connectivity index (χ3n) is 10.9. The van der Waals surface area contributed by atoms with Crippen molar-refractivity contribution in [2.45, 2.75) is 98.1 Å². The molecule has 3 aromatic carbocycles. The zero-order valence-corrected chi connectivity index (χ0v) is 30.5. The van der Waals surface area contributed by atoms with Crippen molar-refractivity contribution >= 4 is 35.6 Å². The van der Waals surface area contributed by atoms with Crippen LogP contribution in [0.4, 0.5) is 5.69 Å². The van der Waals surface area contributed by atoms with E-state index < -0.39 is 8.07 Å². The third-order valence-corrected chi connectivity index (χ3v) is 14.5. The van der Waals surface area contributed by atoms with Crippen molar-refractivity contribution in [3.8, 4) is 0 Å². The van der Waals surface area contributed by atoms with Crippen molar-refractivity contribution in [3.05, 3.63) is 86.9 Å². The number of anilines is 1. The van der Waals surface area contributed by atoms with E-state index in [9.17, 15) is 4.79 Å². The monoisotopic (exact) mass is 634 g/mol. The molecule has 244 valence electrons. The molecule has 0 aliphatic carbocycles. The van der Waals surface area contributed by atoms with Gasteiger partial charge in [0, 0.05) is 62.4 Å². The van der Waals surface area contributed by atoms with Crippen molar-refractivity contribution in [1.82, 2.24) is 9.48 Å². The summed E-state index contributed by atoms with van der Waals surface area (Å²) in [5, 5.41) is 5.92. The summed E-state index contributed by atoms with van der Waals surface area (Å²) >= 11 is 0. The predicted octanol–water partition coefficient (Wildman–Crippen LogP) is 5.73. The molecular formula is C41H56N3OSi+. The minimum absolute atomic E-state index is 0.133. The summed E-state index contributed by atoms with van der Waals surface area (Å²) in [6.45, 7) is 17.3. The van der Waals surface area contributed by atoms with E-state index in [1.54, 1.807) is 0 Å². The fourth-order valence-corrected chi connectivity index (χ4v) is 11.2. The summed E-state index contributed by atoms with van der Waals surface area (Å²) in [6.07, 6.45) is 11.7. The molecule has 0 spiro atoms. The lowest BCUT2D eigenvalue weighted by atomic mass is 9.87. The molecule has 0 N–H and O–H groups in total. The van der Waals surface area contributed by atoms with Gasteiger partial charge < -0.3 is 9.80 Å². The van der Waals surface area contributed by atoms with Crippen LogP contribution in [-0.4, -0.2) is 58.7 Å². The van der Waals surface area contributed by atoms with Crippen molar-refractivity contribution in [1.29, 1.82) is 0 Å². The quantitative estimate of drug-likeness (QED) is 0.199. The van der Waals surface area contributed by atoms with E-state index in [2.05, 4.69) is 85.8 Å². The Bertz CT molecular complexity index is 1740. The number of benzene rings is 3. The first-order valence-electron chi connectivity index (χ1n) is 18.4. The Morgan fingerprint density at radius 3 is 2.41 bits per heavy atom. The van der Waals surface area contributed by atoms with Gasteiger partial charge in [0.15, 0.2) is 0 Å². The fraction of sp³-hybridized carbons (Fsp3) is 0.512. The minimum atomic E-state index is -2.10. The molecule has 3 heterocycles. The van der Waals surface area contributed by atoms with E-state index in [1.165, 1.54) is 87.4 Å². The van der Waals surface area contributed by atoms with Crippen LogP contribution in [0.3, 0.4) is 0 Å². The normalized spacial score (nSPS) is 16.4. The van der Waals surface area contributed by atoms with Crippen molar-refractivity contribution in [2.24, 2.45) is 0 Å². The molecule has 46 heavy (non-hydrogen) atoms. The number of rotatable bonds is 11. The maximum Gasteiger partial charge on any atom is 0.254 e. The van der Waals surface area contributed by atoms with Crippen LogP contribution in [0.5, 0.6) is 0 Å². The Morgan fingerprint density at radius 2 is 1.63 bits per heavy atom. The van der Waals surface area contributed by atoms with Gasteiger partial charge in [0.05, 0.1) is 0 Å². The van der Waals surface area contributed by atoms with Gasteiger partial charge in [0.25, 0.3) is 5.91 Å². The van der Waals surface area contributed by atoms with Crippen LogP contribution in [0.25, 0.3) is 5.57 Å². The van der Waals surface area contributed by atoms with Gasteiger partial charge in [0.1, 0.15) is 21.2 Å². The van der Waals surface area contributed by atoms with Gasteiger partial charge in [0.2, 0.25) is 5.36 Å². The topological polar surface area (TPSA) is 26.6 Å². The first-order chi connectivity index (χ1) is 22.3. The summed E-state index contributed by atoms with van der Waals surface area (Å²) in [7, 11) is -0.127. The molecule has 0 radical (unpaired) electrons. The van der Waals surface area contributed by atoms with Crippen molar-refractivity contribution in [2.75, 3.05) is 44.7 Å². The number of aryl methyl sites for hydroxylation is 2. The number of unbranched alkanes of at least 4 members (excludes halogenated alkanes) is 3. The molecule has 0 unspecified atom stereocenters. The van der Waals surface area contributed by atoms with E-state index in [1.807, 2.05) is 18.0 Å². The van der Waals surface area contributed by atoms with E-state index >= 15 is 0 Å². The van der Waals surface area contributed by atoms with Gasteiger partial charge in [-0.2, -0.15) is 0 Å². The molecule has 0 saturated carbocycles. The number of hydrogen-bond donors (Lipinski definition) is 0. The average Bonchev–Trinajstić information content (AvgIpc) is 3.07. The Labute approximate surface area is 278 Å². The van der Waals surface area contributed by atoms with Crippen molar-refractivity contribution in [3.63, 3.8) is 0 Å². The number of fused-ring (bicyclic) bond motifs is 4. The lowest BCUT2D eigenvalue weighted by molar-refractivity contribution is 0.0793. The van der Waals surface area contributed by atoms with Crippen LogP contribution in [0.15, 0.2) is 48.5 Å². The van der Waals surface area contributed by atoms with E-state index in [-0.39, 0.29) is 5.91 Å². The highest BCUT2D eigenvalue weighted by Gasteiger charge is 2.39. The maximum absolute atomic E-state index is 14.1. The van der Waals surface area contributed by atoms with Gasteiger partial charge in [-0.25, -0.2) is 4.58 Å². The molecule has 3 aromatic rings. The van der Waals surface area contributed by atoms with Gasteiger partial charge >= 0.3 is 0 Å². The zero-order valence-electron chi connectivity index (χ0n) is 29.5. The summed E-state index contributed by atoms with van der Waals surface area (Å²) in [4.78, 5) is 18.7. The van der Waals surface area contributed by atoms with E-state index in [4.69, 9.17) is 0 Å². The zero-order chi connectivity index (χ0) is 32.4. The molecular weight excluding hydrogens is 579 g/mol. The van der Waals surface area contributed by atoms with Gasteiger partial charge in [-0.05, 0) is 94.2 Å². The Kier molecular flexibility index (Phi) is 9.89. The number of carbonyl (C=O) groups is 1. The van der Waals surface area contributed by atoms with Gasteiger partial charge in [-0.15, -0.1) is 0 Å². The highest BCUT2D eigenvalue weighted by Crippen LogP contribution is 2.34. The molecule has 3 aliphatic rings. The first kappa shape index (κ1) is 32.7. The van der Waals surface area contributed by atoms with Crippen LogP contribution in [0, 0.1) is 0 Å². The lowest BCUT2D eigenvalue weighted by Gasteiger charge is -2.38. The largest absolute Gasteiger partial charge is 0.371 e. The number of carbonyl (C=O) groups excluding carboxylic acids is 1. The minimum Gasteiger partial charge on any atom is -0.371 e. The smallest absolute Gasteiger partial charge is 0.254 e. The Morgan fingerprint density at radius 1 is 0.870 bits per heavy atom. The van der Waals surface area contributed by atoms with Gasteiger partial charge in [-0.3, -0.25) is 4.79 Å². The van der Waals surface area contributed by atoms with Crippen LogP contribution >= 0.6 is 0 Å². The summed E-state index contributed by atoms with van der Waals surface area (Å²) in [5.41, 5.74) is 9.04. The Balaban J connectivity index is 1.66. The number of amides is 1. The van der Waals surface area contributed by atoms with Crippen LogP contribution in [0.2, 0.25) is 13.1 Å². The van der Waals surface area contributed by atoms with E-state index in [0.717, 1.165) is 69.5 Å². The molecule has 5 heteroatoms. The highest BCUT2D eigenvalue weighted by atomic mass is 28.3. The summed E-state index contributed by atoms with van der Waals surface area (Å²) < 4.78 is 2.67. The van der Waals surface area contributed by atoms with Crippen LogP contribution in [0.1, 0.15) is 105 Å². The second-order valence-electron chi connectivity index (χ2n) is 14.6. The summed E-state index contributed by atoms with van der Waals surface area (Å²) in [5.74, 6) is 0.133. The number of nitrogens with zero attached hydrogens (tertiary/aromatic N) is 3.